The average Bonchev–Trinajstić information content (AvgIpc) is 3.70. The molecule has 0 unspecified atom stereocenters. The summed E-state index contributed by atoms with van der Waals surface area (Å²) in [4.78, 5) is 62.5. The van der Waals surface area contributed by atoms with Gasteiger partial charge in [0.15, 0.2) is 0 Å². The van der Waals surface area contributed by atoms with E-state index in [1.54, 1.807) is 30.7 Å². The molecule has 5 N–H and O–H groups in total. The molecule has 0 radical (unpaired) electrons. The van der Waals surface area contributed by atoms with Crippen LogP contribution in [0.5, 0.6) is 5.75 Å². The summed E-state index contributed by atoms with van der Waals surface area (Å²) in [5, 5.41) is 17.6. The van der Waals surface area contributed by atoms with Crippen molar-refractivity contribution in [2.75, 3.05) is 57.8 Å². The maximum Gasteiger partial charge on any atom is 0.490 e. The molecule has 2 aromatic rings. The minimum absolute atomic E-state index is 0.0565. The molecule has 2 aliphatic heterocycles. The number of nitrogens with two attached hydrogens (primary N) is 1. The highest BCUT2D eigenvalue weighted by Crippen LogP contribution is 2.39. The molecule has 1 aliphatic carbocycles. The first-order valence-corrected chi connectivity index (χ1v) is 18.4. The predicted octanol–water partition coefficient (Wildman–Crippen LogP) is 5.43. The molecule has 3 fully saturated rings. The van der Waals surface area contributed by atoms with Crippen LogP contribution in [0.25, 0.3) is 0 Å². The van der Waals surface area contributed by atoms with E-state index in [1.165, 1.54) is 42.4 Å². The first kappa shape index (κ1) is 47.4. The number of nitrogens with one attached hydrogen (secondary N) is 1. The number of rotatable bonds is 8. The molecule has 2 aromatic carbocycles. The van der Waals surface area contributed by atoms with Crippen LogP contribution in [0.15, 0.2) is 36.4 Å². The van der Waals surface area contributed by atoms with E-state index in [-0.39, 0.29) is 35.9 Å². The summed E-state index contributed by atoms with van der Waals surface area (Å²) in [5.74, 6) is -5.49. The Bertz CT molecular complexity index is 1750. The number of piperazine rings is 1. The Morgan fingerprint density at radius 1 is 0.810 bits per heavy atom. The number of halogens is 7. The number of carbonyl (C=O) groups excluding carboxylic acids is 3. The van der Waals surface area contributed by atoms with Crippen molar-refractivity contribution < 1.29 is 69.7 Å². The van der Waals surface area contributed by atoms with Crippen LogP contribution < -0.4 is 20.7 Å². The zero-order valence-corrected chi connectivity index (χ0v) is 32.2. The lowest BCUT2D eigenvalue weighted by molar-refractivity contribution is -0.193. The molecule has 2 heterocycles. The molecule has 0 aromatic heterocycles. The Morgan fingerprint density at radius 3 is 1.79 bits per heavy atom. The summed E-state index contributed by atoms with van der Waals surface area (Å²) >= 11 is 0. The number of hydrogen-bond acceptors (Lipinski definition) is 8. The molecule has 0 spiro atoms. The zero-order chi connectivity index (χ0) is 43.6. The molecule has 3 aliphatic rings. The zero-order valence-electron chi connectivity index (χ0n) is 32.2. The number of benzene rings is 2. The second kappa shape index (κ2) is 20.1. The van der Waals surface area contributed by atoms with Crippen molar-refractivity contribution in [3.63, 3.8) is 0 Å². The first-order chi connectivity index (χ1) is 27.0. The van der Waals surface area contributed by atoms with Gasteiger partial charge in [0.25, 0.3) is 11.8 Å². The Hall–Kier alpha value is -4.98. The average molecular weight is 836 g/mol. The van der Waals surface area contributed by atoms with Crippen molar-refractivity contribution in [1.29, 1.82) is 0 Å². The fourth-order valence-corrected chi connectivity index (χ4v) is 6.46. The molecule has 322 valence electrons. The van der Waals surface area contributed by atoms with Crippen molar-refractivity contribution in [1.82, 2.24) is 15.1 Å². The monoisotopic (exact) mass is 835 g/mol. The van der Waals surface area contributed by atoms with E-state index >= 15 is 0 Å². The Labute approximate surface area is 330 Å². The third-order valence-electron chi connectivity index (χ3n) is 9.86. The van der Waals surface area contributed by atoms with E-state index in [2.05, 4.69) is 5.32 Å². The Balaban J connectivity index is 0.000000550. The Kier molecular flexibility index (Phi) is 16.4. The lowest BCUT2D eigenvalue weighted by Crippen LogP contribution is -2.50. The van der Waals surface area contributed by atoms with Crippen molar-refractivity contribution in [2.45, 2.75) is 76.7 Å². The van der Waals surface area contributed by atoms with Gasteiger partial charge >= 0.3 is 24.3 Å². The van der Waals surface area contributed by atoms with E-state index < -0.39 is 35.5 Å². The van der Waals surface area contributed by atoms with Crippen LogP contribution in [0, 0.1) is 11.2 Å². The lowest BCUT2D eigenvalue weighted by Gasteiger charge is -2.35. The molecule has 5 rings (SSSR count). The van der Waals surface area contributed by atoms with Gasteiger partial charge in [-0.05, 0) is 87.5 Å². The third-order valence-corrected chi connectivity index (χ3v) is 9.86. The van der Waals surface area contributed by atoms with E-state index in [9.17, 15) is 45.1 Å². The van der Waals surface area contributed by atoms with Gasteiger partial charge in [-0.3, -0.25) is 14.4 Å². The normalized spacial score (nSPS) is 17.6. The number of carboxylic acid groups (broad SMARTS) is 2. The first-order valence-electron chi connectivity index (χ1n) is 18.4. The number of aliphatic carboxylic acids is 2. The fraction of sp³-hybridized carbons (Fsp3) is 0.553. The molecule has 1 saturated carbocycles. The molecule has 0 bridgehead atoms. The summed E-state index contributed by atoms with van der Waals surface area (Å²) in [6.07, 6.45) is -3.20. The minimum Gasteiger partial charge on any atom is -0.489 e. The highest BCUT2D eigenvalue weighted by atomic mass is 19.4. The number of nitrogens with zero attached hydrogens (tertiary/aromatic N) is 3. The number of anilines is 1. The second-order valence-electron chi connectivity index (χ2n) is 14.7. The summed E-state index contributed by atoms with van der Waals surface area (Å²) < 4.78 is 84.5. The molecular formula is C38H48F7N5O8. The highest BCUT2D eigenvalue weighted by molar-refractivity contribution is 6.00. The van der Waals surface area contributed by atoms with Crippen LogP contribution in [0.2, 0.25) is 0 Å². The third kappa shape index (κ3) is 13.3. The van der Waals surface area contributed by atoms with Crippen LogP contribution in [0.4, 0.5) is 36.4 Å². The quantitative estimate of drug-likeness (QED) is 0.251. The topological polar surface area (TPSA) is 183 Å². The fourth-order valence-electron chi connectivity index (χ4n) is 6.46. The van der Waals surface area contributed by atoms with Crippen molar-refractivity contribution in [2.24, 2.45) is 11.1 Å². The molecule has 13 nitrogen and oxygen atoms in total. The lowest BCUT2D eigenvalue weighted by atomic mass is 9.83. The van der Waals surface area contributed by atoms with Gasteiger partial charge < -0.3 is 40.7 Å². The molecule has 3 amide bonds. The Morgan fingerprint density at radius 2 is 1.33 bits per heavy atom. The maximum absolute atomic E-state index is 14.6. The van der Waals surface area contributed by atoms with E-state index in [0.29, 0.717) is 43.3 Å². The minimum atomic E-state index is -5.08. The van der Waals surface area contributed by atoms with Crippen LogP contribution >= 0.6 is 0 Å². The molecular weight excluding hydrogens is 787 g/mol. The van der Waals surface area contributed by atoms with Gasteiger partial charge in [0, 0.05) is 63.1 Å². The van der Waals surface area contributed by atoms with Crippen LogP contribution in [0.3, 0.4) is 0 Å². The number of carbonyl (C=O) groups is 5. The molecule has 20 heteroatoms. The predicted molar refractivity (Wildman–Crippen MR) is 196 cm³/mol. The summed E-state index contributed by atoms with van der Waals surface area (Å²) in [5.41, 5.74) is 7.16. The van der Waals surface area contributed by atoms with E-state index in [1.807, 2.05) is 18.2 Å². The number of alkyl halides is 6. The summed E-state index contributed by atoms with van der Waals surface area (Å²) in [6, 6.07) is 9.82. The number of carboxylic acids is 2. The van der Waals surface area contributed by atoms with E-state index in [0.717, 1.165) is 43.7 Å². The van der Waals surface area contributed by atoms with Gasteiger partial charge in [-0.2, -0.15) is 26.3 Å². The van der Waals surface area contributed by atoms with Crippen molar-refractivity contribution >= 4 is 35.3 Å². The van der Waals surface area contributed by atoms with Crippen LogP contribution in [-0.4, -0.2) is 121 Å². The van der Waals surface area contributed by atoms with Gasteiger partial charge in [0.2, 0.25) is 5.91 Å². The molecule has 1 atom stereocenters. The second-order valence-corrected chi connectivity index (χ2v) is 14.7. The van der Waals surface area contributed by atoms with Gasteiger partial charge in [-0.25, -0.2) is 14.0 Å². The maximum atomic E-state index is 14.6. The van der Waals surface area contributed by atoms with Gasteiger partial charge in [0.05, 0.1) is 5.41 Å². The van der Waals surface area contributed by atoms with Gasteiger partial charge in [-0.15, -0.1) is 0 Å². The summed E-state index contributed by atoms with van der Waals surface area (Å²) in [7, 11) is 1.55. The molecule has 2 saturated heterocycles. The van der Waals surface area contributed by atoms with Gasteiger partial charge in [-0.1, -0.05) is 19.3 Å². The van der Waals surface area contributed by atoms with Crippen molar-refractivity contribution in [3.8, 4) is 5.75 Å². The summed E-state index contributed by atoms with van der Waals surface area (Å²) in [6.45, 7) is 6.80. The van der Waals surface area contributed by atoms with Crippen molar-refractivity contribution in [3.05, 3.63) is 58.9 Å². The van der Waals surface area contributed by atoms with Crippen LogP contribution in [-0.2, 0) is 14.4 Å². The SMILES string of the molecule is CN(C(=O)C(C)(C)CN)c1cc(F)cc(C(=O)N2CCN(C(=O)c3ccc(O[C@H]4CCNC4)c(C4CCCCC4)c3)CC2)c1.O=C(O)C(F)(F)F.O=C(O)C(F)(F)F. The number of hydrogen-bond donors (Lipinski definition) is 4. The standard InChI is InChI=1S/C34H46FN5O4.2C2HF3O2/c1-34(2,22-36)33(43)38(3)27-18-25(17-26(35)20-27)32(42)40-15-13-39(14-16-40)31(41)24-9-10-30(44-28-11-12-37-21-28)29(19-24)23-7-5-4-6-8-23;2*3-2(4,5)1(6)7/h9-10,17-20,23,28,37H,4-8,11-16,21-22,36H2,1-3H3;2*(H,6,7)/t28-;;/m0../s1. The smallest absolute Gasteiger partial charge is 0.489 e. The van der Waals surface area contributed by atoms with E-state index in [4.69, 9.17) is 30.3 Å². The highest BCUT2D eigenvalue weighted by Gasteiger charge is 2.39. The number of ether oxygens (including phenoxy) is 1. The van der Waals surface area contributed by atoms with Gasteiger partial charge in [0.1, 0.15) is 17.7 Å². The molecule has 58 heavy (non-hydrogen) atoms. The largest absolute Gasteiger partial charge is 0.490 e. The number of amides is 3. The van der Waals surface area contributed by atoms with Crippen LogP contribution in [0.1, 0.15) is 84.6 Å².